The number of halogens is 1. The van der Waals surface area contributed by atoms with Crippen molar-refractivity contribution in [1.29, 1.82) is 0 Å². The predicted molar refractivity (Wildman–Crippen MR) is 98.4 cm³/mol. The van der Waals surface area contributed by atoms with E-state index in [9.17, 15) is 9.18 Å². The molecule has 1 unspecified atom stereocenters. The van der Waals surface area contributed by atoms with Crippen molar-refractivity contribution in [1.82, 2.24) is 20.2 Å². The molecule has 0 aliphatic carbocycles. The van der Waals surface area contributed by atoms with E-state index in [1.165, 1.54) is 12.1 Å². The van der Waals surface area contributed by atoms with Crippen LogP contribution in [0.25, 0.3) is 0 Å². The summed E-state index contributed by atoms with van der Waals surface area (Å²) >= 11 is 0. The first-order valence-electron chi connectivity index (χ1n) is 8.91. The molecule has 2 heterocycles. The maximum Gasteiger partial charge on any atom is 0.237 e. The molecule has 1 amide bonds. The van der Waals surface area contributed by atoms with E-state index in [0.717, 1.165) is 37.7 Å². The first-order chi connectivity index (χ1) is 12.6. The van der Waals surface area contributed by atoms with Crippen molar-refractivity contribution in [2.75, 3.05) is 37.6 Å². The summed E-state index contributed by atoms with van der Waals surface area (Å²) in [7, 11) is 0. The van der Waals surface area contributed by atoms with Gasteiger partial charge in [-0.1, -0.05) is 12.1 Å². The van der Waals surface area contributed by atoms with E-state index in [4.69, 9.17) is 0 Å². The van der Waals surface area contributed by atoms with E-state index in [-0.39, 0.29) is 17.8 Å². The maximum absolute atomic E-state index is 12.9. The number of rotatable bonds is 6. The Morgan fingerprint density at radius 1 is 1.15 bits per heavy atom. The molecule has 1 saturated heterocycles. The van der Waals surface area contributed by atoms with Crippen LogP contribution in [0.3, 0.4) is 0 Å². The van der Waals surface area contributed by atoms with Gasteiger partial charge in [-0.2, -0.15) is 0 Å². The fraction of sp³-hybridized carbons (Fsp3) is 0.421. The van der Waals surface area contributed by atoms with Crippen molar-refractivity contribution < 1.29 is 9.18 Å². The molecule has 1 N–H and O–H groups in total. The summed E-state index contributed by atoms with van der Waals surface area (Å²) in [6.07, 6.45) is 4.18. The van der Waals surface area contributed by atoms with Crippen molar-refractivity contribution in [2.45, 2.75) is 19.4 Å². The van der Waals surface area contributed by atoms with Crippen molar-refractivity contribution in [2.24, 2.45) is 0 Å². The number of carbonyl (C=O) groups excluding carboxylic acids is 1. The average molecular weight is 357 g/mol. The summed E-state index contributed by atoms with van der Waals surface area (Å²) in [4.78, 5) is 25.2. The van der Waals surface area contributed by atoms with E-state index in [1.807, 2.05) is 6.92 Å². The molecule has 2 aromatic rings. The molecule has 1 aromatic heterocycles. The van der Waals surface area contributed by atoms with Crippen molar-refractivity contribution in [3.05, 3.63) is 54.1 Å². The Labute approximate surface area is 153 Å². The number of nitrogens with one attached hydrogen (secondary N) is 1. The van der Waals surface area contributed by atoms with Crippen molar-refractivity contribution >= 4 is 11.9 Å². The molecule has 0 spiro atoms. The highest BCUT2D eigenvalue weighted by Crippen LogP contribution is 2.12. The summed E-state index contributed by atoms with van der Waals surface area (Å²) < 4.78 is 12.9. The van der Waals surface area contributed by atoms with E-state index in [2.05, 4.69) is 25.1 Å². The van der Waals surface area contributed by atoms with Crippen LogP contribution in [0.5, 0.6) is 0 Å². The van der Waals surface area contributed by atoms with Crippen LogP contribution in [0.4, 0.5) is 10.3 Å². The average Bonchev–Trinajstić information content (AvgIpc) is 2.69. The molecule has 7 heteroatoms. The molecule has 1 aromatic carbocycles. The first kappa shape index (κ1) is 18.3. The SMILES string of the molecule is CC(C(=O)NCCc1ccc(F)cc1)N1CCN(c2ncccn2)CC1. The second-order valence-corrected chi connectivity index (χ2v) is 6.42. The third-order valence-corrected chi connectivity index (χ3v) is 4.70. The van der Waals surface area contributed by atoms with Gasteiger partial charge < -0.3 is 10.2 Å². The van der Waals surface area contributed by atoms with Crippen LogP contribution in [0.2, 0.25) is 0 Å². The van der Waals surface area contributed by atoms with Crippen molar-refractivity contribution in [3.63, 3.8) is 0 Å². The van der Waals surface area contributed by atoms with Crippen LogP contribution in [-0.2, 0) is 11.2 Å². The third-order valence-electron chi connectivity index (χ3n) is 4.70. The van der Waals surface area contributed by atoms with Crippen LogP contribution >= 0.6 is 0 Å². The maximum atomic E-state index is 12.9. The Morgan fingerprint density at radius 3 is 2.46 bits per heavy atom. The van der Waals surface area contributed by atoms with E-state index < -0.39 is 0 Å². The van der Waals surface area contributed by atoms with Crippen LogP contribution < -0.4 is 10.2 Å². The lowest BCUT2D eigenvalue weighted by Crippen LogP contribution is -2.54. The largest absolute Gasteiger partial charge is 0.354 e. The molecular weight excluding hydrogens is 333 g/mol. The quantitative estimate of drug-likeness (QED) is 0.849. The first-order valence-corrected chi connectivity index (χ1v) is 8.91. The standard InChI is InChI=1S/C19H24FN5O/c1-15(18(26)21-10-7-16-3-5-17(20)6-4-16)24-11-13-25(14-12-24)19-22-8-2-9-23-19/h2-6,8-9,15H,7,10-14H2,1H3,(H,21,26). The Hall–Kier alpha value is -2.54. The Bertz CT molecular complexity index is 702. The van der Waals surface area contributed by atoms with Crippen LogP contribution in [0.1, 0.15) is 12.5 Å². The second-order valence-electron chi connectivity index (χ2n) is 6.42. The van der Waals surface area contributed by atoms with E-state index in [0.29, 0.717) is 13.0 Å². The summed E-state index contributed by atoms with van der Waals surface area (Å²) in [5, 5.41) is 2.97. The van der Waals surface area contributed by atoms with Gasteiger partial charge in [0.25, 0.3) is 0 Å². The fourth-order valence-electron chi connectivity index (χ4n) is 3.06. The van der Waals surface area contributed by atoms with Gasteiger partial charge in [0.2, 0.25) is 11.9 Å². The Morgan fingerprint density at radius 2 is 1.81 bits per heavy atom. The van der Waals surface area contributed by atoms with Gasteiger partial charge in [0.15, 0.2) is 0 Å². The van der Waals surface area contributed by atoms with Gasteiger partial charge in [-0.25, -0.2) is 14.4 Å². The van der Waals surface area contributed by atoms with Gasteiger partial charge in [-0.3, -0.25) is 9.69 Å². The smallest absolute Gasteiger partial charge is 0.237 e. The minimum absolute atomic E-state index is 0.0246. The molecule has 138 valence electrons. The highest BCUT2D eigenvalue weighted by molar-refractivity contribution is 5.81. The van der Waals surface area contributed by atoms with Gasteiger partial charge in [0.05, 0.1) is 6.04 Å². The molecule has 1 aliphatic heterocycles. The van der Waals surface area contributed by atoms with Gasteiger partial charge >= 0.3 is 0 Å². The van der Waals surface area contributed by atoms with Crippen LogP contribution in [-0.4, -0.2) is 59.5 Å². The van der Waals surface area contributed by atoms with Crippen LogP contribution in [0, 0.1) is 5.82 Å². The third kappa shape index (κ3) is 4.76. The van der Waals surface area contributed by atoms with Gasteiger partial charge in [-0.15, -0.1) is 0 Å². The number of carbonyl (C=O) groups is 1. The lowest BCUT2D eigenvalue weighted by molar-refractivity contribution is -0.125. The minimum atomic E-state index is -0.244. The van der Waals surface area contributed by atoms with Crippen molar-refractivity contribution in [3.8, 4) is 0 Å². The lowest BCUT2D eigenvalue weighted by atomic mass is 10.1. The van der Waals surface area contributed by atoms with Crippen LogP contribution in [0.15, 0.2) is 42.7 Å². The molecule has 0 bridgehead atoms. The second kappa shape index (κ2) is 8.71. The Kier molecular flexibility index (Phi) is 6.12. The Balaban J connectivity index is 1.42. The fourth-order valence-corrected chi connectivity index (χ4v) is 3.06. The summed E-state index contributed by atoms with van der Waals surface area (Å²) in [5.41, 5.74) is 1.01. The zero-order valence-electron chi connectivity index (χ0n) is 14.9. The number of hydrogen-bond donors (Lipinski definition) is 1. The van der Waals surface area contributed by atoms with Gasteiger partial charge in [0, 0.05) is 45.1 Å². The number of piperazine rings is 1. The normalized spacial score (nSPS) is 16.3. The van der Waals surface area contributed by atoms with E-state index >= 15 is 0 Å². The number of anilines is 1. The molecule has 1 aliphatic rings. The number of aromatic nitrogens is 2. The summed E-state index contributed by atoms with van der Waals surface area (Å²) in [6, 6.07) is 8.00. The topological polar surface area (TPSA) is 61.4 Å². The number of amides is 1. The zero-order valence-corrected chi connectivity index (χ0v) is 14.9. The molecule has 1 atom stereocenters. The van der Waals surface area contributed by atoms with Gasteiger partial charge in [-0.05, 0) is 37.1 Å². The monoisotopic (exact) mass is 357 g/mol. The molecule has 0 saturated carbocycles. The molecule has 3 rings (SSSR count). The summed E-state index contributed by atoms with van der Waals surface area (Å²) in [6.45, 7) is 5.68. The number of nitrogens with zero attached hydrogens (tertiary/aromatic N) is 4. The molecule has 6 nitrogen and oxygen atoms in total. The zero-order chi connectivity index (χ0) is 18.4. The highest BCUT2D eigenvalue weighted by Gasteiger charge is 2.26. The predicted octanol–water partition coefficient (Wildman–Crippen LogP) is 1.49. The highest BCUT2D eigenvalue weighted by atomic mass is 19.1. The molecule has 1 fully saturated rings. The molecule has 26 heavy (non-hydrogen) atoms. The number of benzene rings is 1. The minimum Gasteiger partial charge on any atom is -0.354 e. The van der Waals surface area contributed by atoms with Gasteiger partial charge in [0.1, 0.15) is 5.82 Å². The molecular formula is C19H24FN5O. The summed E-state index contributed by atoms with van der Waals surface area (Å²) in [5.74, 6) is 0.520. The number of hydrogen-bond acceptors (Lipinski definition) is 5. The lowest BCUT2D eigenvalue weighted by Gasteiger charge is -2.37. The molecule has 0 radical (unpaired) electrons. The van der Waals surface area contributed by atoms with E-state index in [1.54, 1.807) is 30.6 Å².